The third-order valence-electron chi connectivity index (χ3n) is 3.17. The van der Waals surface area contributed by atoms with Crippen LogP contribution in [0.3, 0.4) is 0 Å². The van der Waals surface area contributed by atoms with E-state index in [0.717, 1.165) is 31.4 Å². The largest absolute Gasteiger partial charge is 0.334 e. The molecule has 0 fully saturated rings. The van der Waals surface area contributed by atoms with E-state index in [1.54, 1.807) is 0 Å². The Kier molecular flexibility index (Phi) is 2.86. The molecule has 82 valence electrons. The fourth-order valence-electron chi connectivity index (χ4n) is 2.18. The van der Waals surface area contributed by atoms with Crippen molar-refractivity contribution < 1.29 is 4.79 Å². The number of aromatic nitrogens is 2. The lowest BCUT2D eigenvalue weighted by molar-refractivity contribution is -0.107. The van der Waals surface area contributed by atoms with E-state index >= 15 is 0 Å². The van der Waals surface area contributed by atoms with Crippen molar-refractivity contribution in [3.05, 3.63) is 17.7 Å². The zero-order valence-electron chi connectivity index (χ0n) is 9.31. The summed E-state index contributed by atoms with van der Waals surface area (Å²) in [6.07, 6.45) is 5.41. The number of hydrogen-bond acceptors (Lipinski definition) is 3. The molecule has 0 aliphatic carbocycles. The average molecular weight is 207 g/mol. The predicted molar refractivity (Wildman–Crippen MR) is 57.8 cm³/mol. The van der Waals surface area contributed by atoms with Crippen LogP contribution in [-0.4, -0.2) is 40.9 Å². The molecule has 0 saturated heterocycles. The minimum absolute atomic E-state index is 0.447. The number of aryl methyl sites for hydroxylation is 1. The van der Waals surface area contributed by atoms with Gasteiger partial charge in [0, 0.05) is 31.1 Å². The van der Waals surface area contributed by atoms with Gasteiger partial charge in [-0.3, -0.25) is 0 Å². The molecule has 0 radical (unpaired) electrons. The Morgan fingerprint density at radius 1 is 1.67 bits per heavy atom. The first-order chi connectivity index (χ1) is 7.22. The first-order valence-corrected chi connectivity index (χ1v) is 5.35. The van der Waals surface area contributed by atoms with Gasteiger partial charge in [0.15, 0.2) is 0 Å². The summed E-state index contributed by atoms with van der Waals surface area (Å²) in [7, 11) is 4.21. The van der Waals surface area contributed by atoms with Crippen LogP contribution in [0, 0.1) is 0 Å². The summed E-state index contributed by atoms with van der Waals surface area (Å²) in [5.74, 6) is 0. The summed E-state index contributed by atoms with van der Waals surface area (Å²) in [6, 6.07) is 0.583. The molecule has 4 nitrogen and oxygen atoms in total. The Labute approximate surface area is 89.9 Å². The molecule has 1 atom stereocenters. The van der Waals surface area contributed by atoms with Gasteiger partial charge in [-0.15, -0.1) is 0 Å². The van der Waals surface area contributed by atoms with Gasteiger partial charge in [-0.25, -0.2) is 4.98 Å². The van der Waals surface area contributed by atoms with E-state index in [9.17, 15) is 4.79 Å². The number of likely N-dealkylation sites (N-methyl/N-ethyl adjacent to an activating group) is 1. The van der Waals surface area contributed by atoms with Crippen molar-refractivity contribution in [1.29, 1.82) is 0 Å². The van der Waals surface area contributed by atoms with Crippen molar-refractivity contribution in [1.82, 2.24) is 14.5 Å². The minimum Gasteiger partial charge on any atom is -0.334 e. The highest BCUT2D eigenvalue weighted by Crippen LogP contribution is 2.20. The fourth-order valence-corrected chi connectivity index (χ4v) is 2.18. The second-order valence-electron chi connectivity index (χ2n) is 4.31. The van der Waals surface area contributed by atoms with Crippen LogP contribution in [0.4, 0.5) is 0 Å². The lowest BCUT2D eigenvalue weighted by atomic mass is 10.0. The van der Waals surface area contributed by atoms with Crippen molar-refractivity contribution in [2.45, 2.75) is 31.8 Å². The second kappa shape index (κ2) is 4.14. The van der Waals surface area contributed by atoms with Crippen LogP contribution in [0.2, 0.25) is 0 Å². The number of nitrogens with zero attached hydrogens (tertiary/aromatic N) is 3. The Balaban J connectivity index is 2.21. The number of hydrogen-bond donors (Lipinski definition) is 0. The molecule has 0 saturated carbocycles. The van der Waals surface area contributed by atoms with Crippen LogP contribution in [0.1, 0.15) is 17.8 Å². The SMILES string of the molecule is CN(C)C1CCn2cnc(CC=O)c2C1. The summed E-state index contributed by atoms with van der Waals surface area (Å²) in [5, 5.41) is 0. The lowest BCUT2D eigenvalue weighted by Crippen LogP contribution is -2.35. The van der Waals surface area contributed by atoms with Gasteiger partial charge in [0.25, 0.3) is 0 Å². The Morgan fingerprint density at radius 2 is 2.47 bits per heavy atom. The van der Waals surface area contributed by atoms with Crippen LogP contribution in [0.15, 0.2) is 6.33 Å². The van der Waals surface area contributed by atoms with E-state index in [2.05, 4.69) is 28.5 Å². The number of aldehydes is 1. The topological polar surface area (TPSA) is 38.1 Å². The summed E-state index contributed by atoms with van der Waals surface area (Å²) in [4.78, 5) is 17.1. The third kappa shape index (κ3) is 1.95. The normalized spacial score (nSPS) is 20.3. The molecule has 0 spiro atoms. The molecule has 0 N–H and O–H groups in total. The first-order valence-electron chi connectivity index (χ1n) is 5.35. The average Bonchev–Trinajstić information content (AvgIpc) is 2.61. The molecule has 1 unspecified atom stereocenters. The number of carbonyl (C=O) groups is 1. The molecule has 2 heterocycles. The van der Waals surface area contributed by atoms with Crippen molar-refractivity contribution in [2.24, 2.45) is 0 Å². The molecule has 0 amide bonds. The molecule has 0 bridgehead atoms. The molecule has 4 heteroatoms. The zero-order valence-corrected chi connectivity index (χ0v) is 9.31. The van der Waals surface area contributed by atoms with Gasteiger partial charge in [0.2, 0.25) is 0 Å². The molecular formula is C11H17N3O. The van der Waals surface area contributed by atoms with E-state index in [0.29, 0.717) is 12.5 Å². The molecule has 1 aliphatic rings. The van der Waals surface area contributed by atoms with Gasteiger partial charge >= 0.3 is 0 Å². The maximum absolute atomic E-state index is 10.5. The monoisotopic (exact) mass is 207 g/mol. The Morgan fingerprint density at radius 3 is 3.13 bits per heavy atom. The van der Waals surface area contributed by atoms with Gasteiger partial charge in [-0.2, -0.15) is 0 Å². The Hall–Kier alpha value is -1.16. The molecule has 0 aromatic carbocycles. The molecule has 1 aliphatic heterocycles. The van der Waals surface area contributed by atoms with E-state index in [1.807, 2.05) is 6.33 Å². The maximum Gasteiger partial charge on any atom is 0.126 e. The molecular weight excluding hydrogens is 190 g/mol. The van der Waals surface area contributed by atoms with Crippen LogP contribution in [0.25, 0.3) is 0 Å². The number of imidazole rings is 1. The minimum atomic E-state index is 0.447. The molecule has 1 aromatic rings. The van der Waals surface area contributed by atoms with Gasteiger partial charge in [-0.1, -0.05) is 0 Å². The van der Waals surface area contributed by atoms with Gasteiger partial charge in [0.05, 0.1) is 12.0 Å². The number of carbonyl (C=O) groups excluding carboxylic acids is 1. The van der Waals surface area contributed by atoms with E-state index in [1.165, 1.54) is 5.69 Å². The van der Waals surface area contributed by atoms with Crippen LogP contribution < -0.4 is 0 Å². The highest BCUT2D eigenvalue weighted by molar-refractivity contribution is 5.54. The highest BCUT2D eigenvalue weighted by Gasteiger charge is 2.22. The standard InChI is InChI=1S/C11H17N3O/c1-13(2)9-3-5-14-8-12-10(4-6-15)11(14)7-9/h6,8-9H,3-5,7H2,1-2H3. The fraction of sp³-hybridized carbons (Fsp3) is 0.636. The van der Waals surface area contributed by atoms with E-state index in [4.69, 9.17) is 0 Å². The van der Waals surface area contributed by atoms with Gasteiger partial charge in [-0.05, 0) is 20.5 Å². The third-order valence-corrected chi connectivity index (χ3v) is 3.17. The summed E-state index contributed by atoms with van der Waals surface area (Å²) in [5.41, 5.74) is 2.20. The molecule has 15 heavy (non-hydrogen) atoms. The van der Waals surface area contributed by atoms with Crippen LogP contribution >= 0.6 is 0 Å². The summed E-state index contributed by atoms with van der Waals surface area (Å²) < 4.78 is 2.18. The van der Waals surface area contributed by atoms with Gasteiger partial charge in [0.1, 0.15) is 6.29 Å². The molecule has 2 rings (SSSR count). The summed E-state index contributed by atoms with van der Waals surface area (Å²) >= 11 is 0. The quantitative estimate of drug-likeness (QED) is 0.677. The van der Waals surface area contributed by atoms with E-state index < -0.39 is 0 Å². The van der Waals surface area contributed by atoms with Gasteiger partial charge < -0.3 is 14.3 Å². The Bertz CT molecular complexity index is 357. The molecule has 1 aromatic heterocycles. The van der Waals surface area contributed by atoms with Crippen LogP contribution in [0.5, 0.6) is 0 Å². The van der Waals surface area contributed by atoms with Crippen molar-refractivity contribution in [3.8, 4) is 0 Å². The number of rotatable bonds is 3. The highest BCUT2D eigenvalue weighted by atomic mass is 16.1. The lowest BCUT2D eigenvalue weighted by Gasteiger charge is -2.29. The van der Waals surface area contributed by atoms with Crippen molar-refractivity contribution in [2.75, 3.05) is 14.1 Å². The first kappa shape index (κ1) is 10.4. The zero-order chi connectivity index (χ0) is 10.8. The van der Waals surface area contributed by atoms with Crippen molar-refractivity contribution in [3.63, 3.8) is 0 Å². The number of fused-ring (bicyclic) bond motifs is 1. The summed E-state index contributed by atoms with van der Waals surface area (Å²) in [6.45, 7) is 1.02. The van der Waals surface area contributed by atoms with Crippen molar-refractivity contribution >= 4 is 6.29 Å². The maximum atomic E-state index is 10.5. The van der Waals surface area contributed by atoms with E-state index in [-0.39, 0.29) is 0 Å². The van der Waals surface area contributed by atoms with Crippen LogP contribution in [-0.2, 0) is 24.2 Å². The second-order valence-corrected chi connectivity index (χ2v) is 4.31. The smallest absolute Gasteiger partial charge is 0.126 e. The predicted octanol–water partition coefficient (Wildman–Crippen LogP) is 0.501.